The summed E-state index contributed by atoms with van der Waals surface area (Å²) in [5, 5.41) is 2.87. The minimum atomic E-state index is -0.123. The topological polar surface area (TPSA) is 45.2 Å². The molecule has 1 N–H and O–H groups in total. The van der Waals surface area contributed by atoms with E-state index in [1.54, 1.807) is 18.3 Å². The van der Waals surface area contributed by atoms with Crippen molar-refractivity contribution in [1.29, 1.82) is 0 Å². The molecule has 18 heavy (non-hydrogen) atoms. The maximum atomic E-state index is 12.0. The van der Waals surface area contributed by atoms with Crippen LogP contribution in [0.15, 0.2) is 34.2 Å². The van der Waals surface area contributed by atoms with Gasteiger partial charge in [0.1, 0.15) is 0 Å². The van der Waals surface area contributed by atoms with E-state index >= 15 is 0 Å². The number of nitrogens with zero attached hydrogens (tertiary/aromatic N) is 2. The third-order valence-corrected chi connectivity index (χ3v) is 3.88. The van der Waals surface area contributed by atoms with Crippen molar-refractivity contribution in [2.24, 2.45) is 0 Å². The molecular formula is C12H12BrN3OS. The van der Waals surface area contributed by atoms with E-state index in [2.05, 4.69) is 26.2 Å². The smallest absolute Gasteiger partial charge is 0.265 e. The maximum absolute atomic E-state index is 12.0. The molecule has 2 aromatic heterocycles. The number of carbonyl (C=O) groups is 1. The lowest BCUT2D eigenvalue weighted by Gasteiger charge is -2.15. The largest absolute Gasteiger partial charge is 0.361 e. The van der Waals surface area contributed by atoms with Crippen LogP contribution < -0.4 is 10.2 Å². The summed E-state index contributed by atoms with van der Waals surface area (Å²) in [7, 11) is 3.78. The van der Waals surface area contributed by atoms with Gasteiger partial charge in [-0.2, -0.15) is 0 Å². The first-order valence-electron chi connectivity index (χ1n) is 5.27. The van der Waals surface area contributed by atoms with Gasteiger partial charge in [-0.3, -0.25) is 4.79 Å². The molecule has 0 aromatic carbocycles. The Morgan fingerprint density at radius 1 is 1.39 bits per heavy atom. The monoisotopic (exact) mass is 325 g/mol. The molecule has 0 bridgehead atoms. The number of anilines is 2. The van der Waals surface area contributed by atoms with E-state index in [9.17, 15) is 4.79 Å². The standard InChI is InChI=1S/C12H12BrN3OS/c1-16(2)11-8(4-3-7-14-11)15-12(17)9-5-6-10(13)18-9/h3-7H,1-2H3,(H,15,17). The summed E-state index contributed by atoms with van der Waals surface area (Å²) in [6, 6.07) is 7.28. The first-order chi connectivity index (χ1) is 8.58. The summed E-state index contributed by atoms with van der Waals surface area (Å²) in [6.07, 6.45) is 1.70. The molecule has 2 aromatic rings. The van der Waals surface area contributed by atoms with Crippen molar-refractivity contribution in [2.75, 3.05) is 24.3 Å². The average Bonchev–Trinajstić information content (AvgIpc) is 2.76. The first-order valence-corrected chi connectivity index (χ1v) is 6.88. The molecular weight excluding hydrogens is 314 g/mol. The number of thiophene rings is 1. The number of nitrogens with one attached hydrogen (secondary N) is 1. The lowest BCUT2D eigenvalue weighted by molar-refractivity contribution is 0.103. The molecule has 0 fully saturated rings. The van der Waals surface area contributed by atoms with Crippen LogP contribution >= 0.6 is 27.3 Å². The average molecular weight is 326 g/mol. The molecule has 1 amide bonds. The quantitative estimate of drug-likeness (QED) is 0.942. The van der Waals surface area contributed by atoms with Crippen molar-refractivity contribution in [1.82, 2.24) is 4.98 Å². The molecule has 0 saturated heterocycles. The van der Waals surface area contributed by atoms with Crippen LogP contribution in [0.3, 0.4) is 0 Å². The van der Waals surface area contributed by atoms with Crippen LogP contribution in [0.1, 0.15) is 9.67 Å². The van der Waals surface area contributed by atoms with Gasteiger partial charge in [0.2, 0.25) is 0 Å². The molecule has 0 aliphatic rings. The third kappa shape index (κ3) is 2.88. The Morgan fingerprint density at radius 2 is 2.17 bits per heavy atom. The Kier molecular flexibility index (Phi) is 3.98. The Bertz CT molecular complexity index is 568. The number of hydrogen-bond acceptors (Lipinski definition) is 4. The van der Waals surface area contributed by atoms with Crippen molar-refractivity contribution >= 4 is 44.7 Å². The van der Waals surface area contributed by atoms with E-state index < -0.39 is 0 Å². The molecule has 0 spiro atoms. The third-order valence-electron chi connectivity index (χ3n) is 2.26. The van der Waals surface area contributed by atoms with Gasteiger partial charge in [-0.25, -0.2) is 4.98 Å². The highest BCUT2D eigenvalue weighted by atomic mass is 79.9. The van der Waals surface area contributed by atoms with E-state index in [-0.39, 0.29) is 5.91 Å². The summed E-state index contributed by atoms with van der Waals surface area (Å²) in [5.74, 6) is 0.614. The van der Waals surface area contributed by atoms with Gasteiger partial charge in [0.15, 0.2) is 5.82 Å². The Hall–Kier alpha value is -1.40. The molecule has 2 rings (SSSR count). The Morgan fingerprint density at radius 3 is 2.78 bits per heavy atom. The van der Waals surface area contributed by atoms with Crippen molar-refractivity contribution in [2.45, 2.75) is 0 Å². The SMILES string of the molecule is CN(C)c1ncccc1NC(=O)c1ccc(Br)s1. The van der Waals surface area contributed by atoms with Gasteiger partial charge in [-0.1, -0.05) is 0 Å². The Labute approximate surface area is 118 Å². The van der Waals surface area contributed by atoms with Gasteiger partial charge in [0.25, 0.3) is 5.91 Å². The molecule has 0 saturated carbocycles. The van der Waals surface area contributed by atoms with Gasteiger partial charge in [0, 0.05) is 20.3 Å². The predicted molar refractivity (Wildman–Crippen MR) is 78.5 cm³/mol. The zero-order valence-electron chi connectivity index (χ0n) is 9.98. The summed E-state index contributed by atoms with van der Waals surface area (Å²) in [6.45, 7) is 0. The van der Waals surface area contributed by atoms with Crippen LogP contribution in [0.4, 0.5) is 11.5 Å². The highest BCUT2D eigenvalue weighted by Gasteiger charge is 2.12. The van der Waals surface area contributed by atoms with Gasteiger partial charge in [-0.15, -0.1) is 11.3 Å². The van der Waals surface area contributed by atoms with Crippen molar-refractivity contribution in [3.8, 4) is 0 Å². The van der Waals surface area contributed by atoms with Crippen LogP contribution in [-0.2, 0) is 0 Å². The van der Waals surface area contributed by atoms with Crippen LogP contribution in [0.2, 0.25) is 0 Å². The highest BCUT2D eigenvalue weighted by molar-refractivity contribution is 9.11. The zero-order chi connectivity index (χ0) is 13.1. The van der Waals surface area contributed by atoms with E-state index in [1.165, 1.54) is 11.3 Å². The second kappa shape index (κ2) is 5.49. The van der Waals surface area contributed by atoms with Gasteiger partial charge >= 0.3 is 0 Å². The van der Waals surface area contributed by atoms with E-state index in [4.69, 9.17) is 0 Å². The Balaban J connectivity index is 2.22. The number of carbonyl (C=O) groups excluding carboxylic acids is 1. The minimum Gasteiger partial charge on any atom is -0.361 e. The predicted octanol–water partition coefficient (Wildman–Crippen LogP) is 3.22. The minimum absolute atomic E-state index is 0.123. The van der Waals surface area contributed by atoms with E-state index in [0.717, 1.165) is 9.60 Å². The molecule has 0 aliphatic carbocycles. The van der Waals surface area contributed by atoms with Crippen LogP contribution in [0, 0.1) is 0 Å². The fourth-order valence-corrected chi connectivity index (χ4v) is 2.75. The molecule has 94 valence electrons. The first kappa shape index (κ1) is 13.0. The van der Waals surface area contributed by atoms with Crippen LogP contribution in [-0.4, -0.2) is 25.0 Å². The summed E-state index contributed by atoms with van der Waals surface area (Å²) < 4.78 is 0.937. The second-order valence-electron chi connectivity index (χ2n) is 3.83. The normalized spacial score (nSPS) is 10.2. The molecule has 0 radical (unpaired) electrons. The molecule has 0 aliphatic heterocycles. The van der Waals surface area contributed by atoms with Crippen molar-refractivity contribution < 1.29 is 4.79 Å². The van der Waals surface area contributed by atoms with Crippen molar-refractivity contribution in [3.63, 3.8) is 0 Å². The summed E-state index contributed by atoms with van der Waals surface area (Å²) in [4.78, 5) is 18.8. The van der Waals surface area contributed by atoms with Gasteiger partial charge in [0.05, 0.1) is 14.4 Å². The van der Waals surface area contributed by atoms with Gasteiger partial charge < -0.3 is 10.2 Å². The highest BCUT2D eigenvalue weighted by Crippen LogP contribution is 2.25. The number of rotatable bonds is 3. The lowest BCUT2D eigenvalue weighted by Crippen LogP contribution is -2.17. The van der Waals surface area contributed by atoms with E-state index in [0.29, 0.717) is 10.6 Å². The fraction of sp³-hybridized carbons (Fsp3) is 0.167. The second-order valence-corrected chi connectivity index (χ2v) is 6.29. The fourth-order valence-electron chi connectivity index (χ4n) is 1.47. The number of aromatic nitrogens is 1. The van der Waals surface area contributed by atoms with Crippen LogP contribution in [0.25, 0.3) is 0 Å². The maximum Gasteiger partial charge on any atom is 0.265 e. The van der Waals surface area contributed by atoms with Gasteiger partial charge in [-0.05, 0) is 40.2 Å². The molecule has 0 atom stereocenters. The van der Waals surface area contributed by atoms with E-state index in [1.807, 2.05) is 31.1 Å². The summed E-state index contributed by atoms with van der Waals surface area (Å²) in [5.41, 5.74) is 0.706. The zero-order valence-corrected chi connectivity index (χ0v) is 12.4. The molecule has 2 heterocycles. The number of hydrogen-bond donors (Lipinski definition) is 1. The van der Waals surface area contributed by atoms with Crippen molar-refractivity contribution in [3.05, 3.63) is 39.1 Å². The number of pyridine rings is 1. The van der Waals surface area contributed by atoms with Crippen LogP contribution in [0.5, 0.6) is 0 Å². The number of halogens is 1. The lowest BCUT2D eigenvalue weighted by atomic mass is 10.3. The molecule has 0 unspecified atom stereocenters. The molecule has 6 heteroatoms. The summed E-state index contributed by atoms with van der Waals surface area (Å²) >= 11 is 4.74. The molecule has 4 nitrogen and oxygen atoms in total. The number of amides is 1.